The van der Waals surface area contributed by atoms with Crippen molar-refractivity contribution in [2.75, 3.05) is 38.2 Å². The maximum absolute atomic E-state index is 12.5. The molecule has 0 spiro atoms. The molecule has 1 N–H and O–H groups in total. The Labute approximate surface area is 149 Å². The maximum Gasteiger partial charge on any atom is 0.226 e. The Kier molecular flexibility index (Phi) is 5.56. The molecule has 1 aliphatic rings. The lowest BCUT2D eigenvalue weighted by atomic mass is 10.0. The topological polar surface area (TPSA) is 46.5 Å². The molecule has 5 heteroatoms. The number of nitrogens with one attached hydrogen (secondary N) is 1. The second-order valence-electron chi connectivity index (χ2n) is 6.76. The fourth-order valence-electron chi connectivity index (χ4n) is 3.30. The van der Waals surface area contributed by atoms with Gasteiger partial charge in [-0.1, -0.05) is 29.8 Å². The second kappa shape index (κ2) is 7.85. The Morgan fingerprint density at radius 3 is 2.52 bits per heavy atom. The van der Waals surface area contributed by atoms with Gasteiger partial charge in [-0.2, -0.15) is 0 Å². The summed E-state index contributed by atoms with van der Waals surface area (Å²) in [6.45, 7) is 8.27. The average molecular weight is 341 g/mol. The second-order valence-corrected chi connectivity index (χ2v) is 6.76. The van der Waals surface area contributed by atoms with Crippen molar-refractivity contribution < 1.29 is 9.53 Å². The zero-order valence-corrected chi connectivity index (χ0v) is 15.3. The van der Waals surface area contributed by atoms with Crippen LogP contribution in [-0.2, 0) is 16.6 Å². The van der Waals surface area contributed by atoms with Gasteiger partial charge in [0, 0.05) is 44.9 Å². The van der Waals surface area contributed by atoms with E-state index in [-0.39, 0.29) is 5.91 Å². The highest BCUT2D eigenvalue weighted by molar-refractivity contribution is 5.95. The third-order valence-electron chi connectivity index (χ3n) is 4.73. The number of carbonyl (C=O) groups is 1. The van der Waals surface area contributed by atoms with Crippen LogP contribution in [0.25, 0.3) is 11.1 Å². The van der Waals surface area contributed by atoms with Crippen LogP contribution in [0.15, 0.2) is 30.5 Å². The van der Waals surface area contributed by atoms with Crippen LogP contribution in [0, 0.1) is 13.8 Å². The van der Waals surface area contributed by atoms with E-state index in [4.69, 9.17) is 4.74 Å². The number of hydrogen-bond donors (Lipinski definition) is 1. The number of ether oxygens (including phenoxy) is 1. The lowest BCUT2D eigenvalue weighted by molar-refractivity contribution is -0.116. The van der Waals surface area contributed by atoms with Gasteiger partial charge >= 0.3 is 0 Å². The number of anilines is 1. The molecule has 1 saturated heterocycles. The molecule has 3 rings (SSSR count). The molecule has 2 heterocycles. The molecule has 1 amide bonds. The van der Waals surface area contributed by atoms with Gasteiger partial charge in [0.15, 0.2) is 0 Å². The fourth-order valence-corrected chi connectivity index (χ4v) is 3.30. The summed E-state index contributed by atoms with van der Waals surface area (Å²) in [4.78, 5) is 14.7. The normalized spacial score (nSPS) is 15.3. The quantitative estimate of drug-likeness (QED) is 0.909. The van der Waals surface area contributed by atoms with Gasteiger partial charge in [0.2, 0.25) is 5.91 Å². The zero-order valence-electron chi connectivity index (χ0n) is 15.3. The standard InChI is InChI=1S/C20H27N3O2/c1-15-4-6-17(7-5-15)19-16(2)14-22(3)20(19)21-18(24)8-9-23-10-12-25-13-11-23/h4-7,14H,8-13H2,1-3H3,(H,21,24). The largest absolute Gasteiger partial charge is 0.379 e. The molecule has 1 aromatic heterocycles. The van der Waals surface area contributed by atoms with Crippen LogP contribution >= 0.6 is 0 Å². The van der Waals surface area contributed by atoms with E-state index >= 15 is 0 Å². The first-order valence-corrected chi connectivity index (χ1v) is 8.87. The number of nitrogens with zero attached hydrogens (tertiary/aromatic N) is 2. The van der Waals surface area contributed by atoms with E-state index in [9.17, 15) is 4.79 Å². The summed E-state index contributed by atoms with van der Waals surface area (Å²) in [5.41, 5.74) is 4.62. The molecule has 2 aromatic rings. The van der Waals surface area contributed by atoms with Gasteiger partial charge in [-0.05, 0) is 25.0 Å². The van der Waals surface area contributed by atoms with Crippen molar-refractivity contribution in [3.05, 3.63) is 41.6 Å². The third kappa shape index (κ3) is 4.30. The minimum absolute atomic E-state index is 0.0565. The molecule has 1 aliphatic heterocycles. The van der Waals surface area contributed by atoms with E-state index in [0.29, 0.717) is 6.42 Å². The highest BCUT2D eigenvalue weighted by Crippen LogP contribution is 2.33. The van der Waals surface area contributed by atoms with Crippen molar-refractivity contribution in [1.29, 1.82) is 0 Å². The number of hydrogen-bond acceptors (Lipinski definition) is 3. The van der Waals surface area contributed by atoms with E-state index in [0.717, 1.165) is 55.4 Å². The number of morpholine rings is 1. The van der Waals surface area contributed by atoms with Crippen molar-refractivity contribution in [2.45, 2.75) is 20.3 Å². The SMILES string of the molecule is Cc1ccc(-c2c(C)cn(C)c2NC(=O)CCN2CCOCC2)cc1. The summed E-state index contributed by atoms with van der Waals surface area (Å²) in [7, 11) is 1.97. The smallest absolute Gasteiger partial charge is 0.226 e. The summed E-state index contributed by atoms with van der Waals surface area (Å²) < 4.78 is 7.35. The summed E-state index contributed by atoms with van der Waals surface area (Å²) in [5.74, 6) is 0.925. The molecule has 0 radical (unpaired) electrons. The van der Waals surface area contributed by atoms with Gasteiger partial charge in [-0.15, -0.1) is 0 Å². The van der Waals surface area contributed by atoms with Gasteiger partial charge in [-0.3, -0.25) is 9.69 Å². The van der Waals surface area contributed by atoms with Crippen LogP contribution in [0.3, 0.4) is 0 Å². The lowest BCUT2D eigenvalue weighted by Crippen LogP contribution is -2.38. The highest BCUT2D eigenvalue weighted by atomic mass is 16.5. The Balaban J connectivity index is 1.71. The van der Waals surface area contributed by atoms with Crippen LogP contribution < -0.4 is 5.32 Å². The minimum atomic E-state index is 0.0565. The monoisotopic (exact) mass is 341 g/mol. The Morgan fingerprint density at radius 2 is 1.84 bits per heavy atom. The molecule has 0 aliphatic carbocycles. The number of aryl methyl sites for hydroxylation is 3. The summed E-state index contributed by atoms with van der Waals surface area (Å²) >= 11 is 0. The number of amides is 1. The first kappa shape index (κ1) is 17.7. The Hall–Kier alpha value is -2.11. The number of benzene rings is 1. The lowest BCUT2D eigenvalue weighted by Gasteiger charge is -2.26. The molecular formula is C20H27N3O2. The predicted molar refractivity (Wildman–Crippen MR) is 101 cm³/mol. The number of carbonyl (C=O) groups excluding carboxylic acids is 1. The molecule has 0 unspecified atom stereocenters. The summed E-state index contributed by atoms with van der Waals surface area (Å²) in [6, 6.07) is 8.43. The molecule has 5 nitrogen and oxygen atoms in total. The molecule has 25 heavy (non-hydrogen) atoms. The molecular weight excluding hydrogens is 314 g/mol. The van der Waals surface area contributed by atoms with Crippen LogP contribution in [0.1, 0.15) is 17.5 Å². The summed E-state index contributed by atoms with van der Waals surface area (Å²) in [6.07, 6.45) is 2.56. The van der Waals surface area contributed by atoms with Crippen molar-refractivity contribution in [3.8, 4) is 11.1 Å². The van der Waals surface area contributed by atoms with Crippen molar-refractivity contribution in [2.24, 2.45) is 7.05 Å². The highest BCUT2D eigenvalue weighted by Gasteiger charge is 2.17. The van der Waals surface area contributed by atoms with Crippen LogP contribution in [-0.4, -0.2) is 48.2 Å². The van der Waals surface area contributed by atoms with Gasteiger partial charge in [0.1, 0.15) is 5.82 Å². The van der Waals surface area contributed by atoms with E-state index in [1.54, 1.807) is 0 Å². The van der Waals surface area contributed by atoms with Crippen molar-refractivity contribution >= 4 is 11.7 Å². The first-order valence-electron chi connectivity index (χ1n) is 8.87. The van der Waals surface area contributed by atoms with Gasteiger partial charge in [0.05, 0.1) is 13.2 Å². The van der Waals surface area contributed by atoms with E-state index in [2.05, 4.69) is 54.5 Å². The van der Waals surface area contributed by atoms with E-state index in [1.807, 2.05) is 11.6 Å². The molecule has 134 valence electrons. The maximum atomic E-state index is 12.5. The molecule has 0 saturated carbocycles. The molecule has 0 bridgehead atoms. The summed E-state index contributed by atoms with van der Waals surface area (Å²) in [5, 5.41) is 3.12. The predicted octanol–water partition coefficient (Wildman–Crippen LogP) is 2.97. The third-order valence-corrected chi connectivity index (χ3v) is 4.73. The Morgan fingerprint density at radius 1 is 1.16 bits per heavy atom. The van der Waals surface area contributed by atoms with E-state index in [1.165, 1.54) is 5.56 Å². The average Bonchev–Trinajstić information content (AvgIpc) is 2.88. The van der Waals surface area contributed by atoms with Crippen LogP contribution in [0.5, 0.6) is 0 Å². The molecule has 0 atom stereocenters. The van der Waals surface area contributed by atoms with Gasteiger partial charge in [-0.25, -0.2) is 0 Å². The fraction of sp³-hybridized carbons (Fsp3) is 0.450. The van der Waals surface area contributed by atoms with E-state index < -0.39 is 0 Å². The molecule has 1 fully saturated rings. The van der Waals surface area contributed by atoms with Gasteiger partial charge < -0.3 is 14.6 Å². The first-order chi connectivity index (χ1) is 12.0. The number of aromatic nitrogens is 1. The van der Waals surface area contributed by atoms with Crippen LogP contribution in [0.2, 0.25) is 0 Å². The van der Waals surface area contributed by atoms with Crippen LogP contribution in [0.4, 0.5) is 5.82 Å². The molecule has 1 aromatic carbocycles. The van der Waals surface area contributed by atoms with Crippen molar-refractivity contribution in [3.63, 3.8) is 0 Å². The van der Waals surface area contributed by atoms with Gasteiger partial charge in [0.25, 0.3) is 0 Å². The number of rotatable bonds is 5. The Bertz CT molecular complexity index is 728. The zero-order chi connectivity index (χ0) is 17.8. The van der Waals surface area contributed by atoms with Crippen molar-refractivity contribution in [1.82, 2.24) is 9.47 Å². The minimum Gasteiger partial charge on any atom is -0.379 e.